The topological polar surface area (TPSA) is 87.7 Å². The van der Waals surface area contributed by atoms with Gasteiger partial charge in [0.15, 0.2) is 0 Å². The summed E-state index contributed by atoms with van der Waals surface area (Å²) in [5.41, 5.74) is 1.55. The minimum absolute atomic E-state index is 0.0848. The lowest BCUT2D eigenvalue weighted by Crippen LogP contribution is -2.47. The predicted molar refractivity (Wildman–Crippen MR) is 106 cm³/mol. The highest BCUT2D eigenvalue weighted by molar-refractivity contribution is 5.89. The van der Waals surface area contributed by atoms with Crippen LogP contribution in [0.4, 0.5) is 10.5 Å². The Balaban J connectivity index is 1.52. The molecule has 2 aliphatic rings. The lowest BCUT2D eigenvalue weighted by molar-refractivity contribution is -0.142. The number of methoxy groups -OCH3 is 1. The zero-order chi connectivity index (χ0) is 19.9. The molecule has 2 N–H and O–H groups in total. The highest BCUT2D eigenvalue weighted by Gasteiger charge is 2.37. The summed E-state index contributed by atoms with van der Waals surface area (Å²) in [4.78, 5) is 38.5. The number of benzene rings is 1. The molecule has 1 aromatic carbocycles. The highest BCUT2D eigenvalue weighted by Crippen LogP contribution is 2.28. The summed E-state index contributed by atoms with van der Waals surface area (Å²) in [6, 6.07) is 6.84. The molecule has 0 spiro atoms. The van der Waals surface area contributed by atoms with Crippen molar-refractivity contribution >= 4 is 23.6 Å². The molecule has 28 heavy (non-hydrogen) atoms. The monoisotopic (exact) mass is 387 g/mol. The molecule has 3 rings (SSSR count). The number of hydrogen-bond acceptors (Lipinski definition) is 4. The fourth-order valence-electron chi connectivity index (χ4n) is 4.07. The maximum atomic E-state index is 12.8. The second-order valence-electron chi connectivity index (χ2n) is 7.56. The third-order valence-corrected chi connectivity index (χ3v) is 5.65. The van der Waals surface area contributed by atoms with E-state index in [9.17, 15) is 14.4 Å². The number of ether oxygens (including phenoxy) is 1. The van der Waals surface area contributed by atoms with E-state index in [4.69, 9.17) is 0 Å². The van der Waals surface area contributed by atoms with Gasteiger partial charge in [-0.25, -0.2) is 4.79 Å². The van der Waals surface area contributed by atoms with Gasteiger partial charge in [0.1, 0.15) is 6.04 Å². The first-order valence-electron chi connectivity index (χ1n) is 10.1. The number of nitrogens with zero attached hydrogens (tertiary/aromatic N) is 1. The zero-order valence-corrected chi connectivity index (χ0v) is 16.4. The van der Waals surface area contributed by atoms with Gasteiger partial charge in [0.05, 0.1) is 7.11 Å². The van der Waals surface area contributed by atoms with Crippen molar-refractivity contribution in [2.75, 3.05) is 19.0 Å². The molecule has 1 aliphatic heterocycles. The average molecular weight is 387 g/mol. The van der Waals surface area contributed by atoms with Crippen molar-refractivity contribution in [2.45, 2.75) is 57.5 Å². The number of carbonyl (C=O) groups is 3. The fraction of sp³-hybridized carbons (Fsp3) is 0.571. The SMILES string of the molecule is COC(=O)Nc1ccc(CNC(=O)C2CCCN2C(=O)C2CCCCC2)cc1. The molecule has 1 aliphatic carbocycles. The van der Waals surface area contributed by atoms with Crippen molar-refractivity contribution < 1.29 is 19.1 Å². The normalized spacial score (nSPS) is 19.9. The summed E-state index contributed by atoms with van der Waals surface area (Å²) < 4.78 is 4.55. The van der Waals surface area contributed by atoms with Crippen LogP contribution in [-0.2, 0) is 20.9 Å². The molecule has 1 atom stereocenters. The Morgan fingerprint density at radius 2 is 1.75 bits per heavy atom. The molecule has 1 heterocycles. The largest absolute Gasteiger partial charge is 0.453 e. The van der Waals surface area contributed by atoms with Crippen LogP contribution in [0.2, 0.25) is 0 Å². The molecular formula is C21H29N3O4. The Morgan fingerprint density at radius 1 is 1.04 bits per heavy atom. The van der Waals surface area contributed by atoms with Gasteiger partial charge >= 0.3 is 6.09 Å². The maximum Gasteiger partial charge on any atom is 0.411 e. The molecule has 152 valence electrons. The molecule has 1 saturated carbocycles. The van der Waals surface area contributed by atoms with Crippen LogP contribution in [0.3, 0.4) is 0 Å². The maximum absolute atomic E-state index is 12.8. The summed E-state index contributed by atoms with van der Waals surface area (Å²) in [6.45, 7) is 1.07. The molecule has 7 nitrogen and oxygen atoms in total. The predicted octanol–water partition coefficient (Wildman–Crippen LogP) is 3.05. The zero-order valence-electron chi connectivity index (χ0n) is 16.4. The summed E-state index contributed by atoms with van der Waals surface area (Å²) in [6.07, 6.45) is 6.43. The first-order chi connectivity index (χ1) is 13.6. The van der Waals surface area contributed by atoms with Gasteiger partial charge in [-0.1, -0.05) is 31.4 Å². The Kier molecular flexibility index (Phi) is 6.90. The molecule has 7 heteroatoms. The van der Waals surface area contributed by atoms with Crippen molar-refractivity contribution in [1.29, 1.82) is 0 Å². The molecule has 1 aromatic rings. The van der Waals surface area contributed by atoms with Crippen LogP contribution in [0.1, 0.15) is 50.5 Å². The Labute approximate surface area is 165 Å². The average Bonchev–Trinajstić information content (AvgIpc) is 3.23. The molecule has 3 amide bonds. The Morgan fingerprint density at radius 3 is 2.43 bits per heavy atom. The van der Waals surface area contributed by atoms with Gasteiger partial charge < -0.3 is 15.0 Å². The minimum Gasteiger partial charge on any atom is -0.453 e. The van der Waals surface area contributed by atoms with Crippen LogP contribution in [0, 0.1) is 5.92 Å². The van der Waals surface area contributed by atoms with Crippen molar-refractivity contribution in [3.63, 3.8) is 0 Å². The second kappa shape index (κ2) is 9.57. The quantitative estimate of drug-likeness (QED) is 0.813. The first kappa shape index (κ1) is 20.2. The van der Waals surface area contributed by atoms with E-state index in [0.29, 0.717) is 18.8 Å². The van der Waals surface area contributed by atoms with Crippen molar-refractivity contribution in [3.8, 4) is 0 Å². The second-order valence-corrected chi connectivity index (χ2v) is 7.56. The van der Waals surface area contributed by atoms with Gasteiger partial charge in [0.2, 0.25) is 11.8 Å². The van der Waals surface area contributed by atoms with E-state index in [2.05, 4.69) is 15.4 Å². The lowest BCUT2D eigenvalue weighted by Gasteiger charge is -2.30. The van der Waals surface area contributed by atoms with E-state index in [1.54, 1.807) is 17.0 Å². The smallest absolute Gasteiger partial charge is 0.411 e. The van der Waals surface area contributed by atoms with Gasteiger partial charge in [0, 0.05) is 24.7 Å². The van der Waals surface area contributed by atoms with Gasteiger partial charge in [-0.2, -0.15) is 0 Å². The number of rotatable bonds is 5. The number of hydrogen-bond donors (Lipinski definition) is 2. The number of carbonyl (C=O) groups excluding carboxylic acids is 3. The molecule has 0 bridgehead atoms. The van der Waals surface area contributed by atoms with Gasteiger partial charge in [-0.3, -0.25) is 14.9 Å². The lowest BCUT2D eigenvalue weighted by atomic mass is 9.88. The molecular weight excluding hydrogens is 358 g/mol. The van der Waals surface area contributed by atoms with E-state index in [1.165, 1.54) is 13.5 Å². The number of likely N-dealkylation sites (tertiary alicyclic amines) is 1. The third-order valence-electron chi connectivity index (χ3n) is 5.65. The van der Waals surface area contributed by atoms with Crippen molar-refractivity contribution in [3.05, 3.63) is 29.8 Å². The summed E-state index contributed by atoms with van der Waals surface area (Å²) in [5.74, 6) is 0.172. The molecule has 1 unspecified atom stereocenters. The number of anilines is 1. The van der Waals surface area contributed by atoms with E-state index in [1.807, 2.05) is 12.1 Å². The van der Waals surface area contributed by atoms with E-state index >= 15 is 0 Å². The fourth-order valence-corrected chi connectivity index (χ4v) is 4.07. The van der Waals surface area contributed by atoms with Gasteiger partial charge in [-0.05, 0) is 43.4 Å². The van der Waals surface area contributed by atoms with Crippen LogP contribution in [0.5, 0.6) is 0 Å². The van der Waals surface area contributed by atoms with Gasteiger partial charge in [-0.15, -0.1) is 0 Å². The molecule has 0 radical (unpaired) electrons. The number of nitrogens with one attached hydrogen (secondary N) is 2. The van der Waals surface area contributed by atoms with E-state index in [-0.39, 0.29) is 23.8 Å². The highest BCUT2D eigenvalue weighted by atomic mass is 16.5. The summed E-state index contributed by atoms with van der Waals surface area (Å²) in [5, 5.41) is 5.54. The van der Waals surface area contributed by atoms with Crippen LogP contribution < -0.4 is 10.6 Å². The molecule has 1 saturated heterocycles. The Bertz CT molecular complexity index is 698. The van der Waals surface area contributed by atoms with Crippen molar-refractivity contribution in [1.82, 2.24) is 10.2 Å². The van der Waals surface area contributed by atoms with E-state index < -0.39 is 6.09 Å². The van der Waals surface area contributed by atoms with Crippen LogP contribution in [0.15, 0.2) is 24.3 Å². The first-order valence-corrected chi connectivity index (χ1v) is 10.1. The summed E-state index contributed by atoms with van der Waals surface area (Å²) >= 11 is 0. The van der Waals surface area contributed by atoms with Crippen LogP contribution in [-0.4, -0.2) is 42.5 Å². The Hall–Kier alpha value is -2.57. The van der Waals surface area contributed by atoms with Crippen molar-refractivity contribution in [2.24, 2.45) is 5.92 Å². The van der Waals surface area contributed by atoms with Gasteiger partial charge in [0.25, 0.3) is 0 Å². The third kappa shape index (κ3) is 5.03. The summed E-state index contributed by atoms with van der Waals surface area (Å²) in [7, 11) is 1.31. The minimum atomic E-state index is -0.523. The van der Waals surface area contributed by atoms with Crippen LogP contribution >= 0.6 is 0 Å². The molecule has 2 fully saturated rings. The van der Waals surface area contributed by atoms with E-state index in [0.717, 1.165) is 44.1 Å². The van der Waals surface area contributed by atoms with Crippen LogP contribution in [0.25, 0.3) is 0 Å². The number of amides is 3. The standard InChI is InChI=1S/C21H29N3O4/c1-28-21(27)23-17-11-9-15(10-12-17)14-22-19(25)18-8-5-13-24(18)20(26)16-6-3-2-4-7-16/h9-12,16,18H,2-8,13-14H2,1H3,(H,22,25)(H,23,27). The molecule has 0 aromatic heterocycles.